The van der Waals surface area contributed by atoms with E-state index in [4.69, 9.17) is 0 Å². The van der Waals surface area contributed by atoms with E-state index >= 15 is 0 Å². The van der Waals surface area contributed by atoms with Gasteiger partial charge in [-0.1, -0.05) is 0 Å². The third kappa shape index (κ3) is 1.35. The molecular weight excluding hydrogens is 234 g/mol. The summed E-state index contributed by atoms with van der Waals surface area (Å²) in [6, 6.07) is 3.59. The average molecular weight is 240 g/mol. The molecule has 0 saturated carbocycles. The summed E-state index contributed by atoms with van der Waals surface area (Å²) in [5.74, 6) is -0.112. The highest BCUT2D eigenvalue weighted by molar-refractivity contribution is 9.10. The molecule has 0 aliphatic carbocycles. The van der Waals surface area contributed by atoms with E-state index in [9.17, 15) is 4.79 Å². The van der Waals surface area contributed by atoms with Crippen LogP contribution in [0.2, 0.25) is 0 Å². The standard InChI is InChI=1S/C8H6BrN3O/c1-5(13)12-7-2-3-8(9)11-6(7)4-10-12/h2-4H,1H3. The van der Waals surface area contributed by atoms with E-state index in [1.807, 2.05) is 0 Å². The number of nitrogens with zero attached hydrogens (tertiary/aromatic N) is 3. The number of hydrogen-bond acceptors (Lipinski definition) is 3. The van der Waals surface area contributed by atoms with Crippen LogP contribution in [0.5, 0.6) is 0 Å². The highest BCUT2D eigenvalue weighted by atomic mass is 79.9. The lowest BCUT2D eigenvalue weighted by atomic mass is 10.4. The highest BCUT2D eigenvalue weighted by Gasteiger charge is 2.06. The van der Waals surface area contributed by atoms with Crippen LogP contribution in [0, 0.1) is 0 Å². The van der Waals surface area contributed by atoms with Gasteiger partial charge in [0.25, 0.3) is 0 Å². The fourth-order valence-corrected chi connectivity index (χ4v) is 1.47. The number of pyridine rings is 1. The van der Waals surface area contributed by atoms with E-state index in [1.54, 1.807) is 18.3 Å². The van der Waals surface area contributed by atoms with Crippen molar-refractivity contribution < 1.29 is 4.79 Å². The van der Waals surface area contributed by atoms with Crippen molar-refractivity contribution in [2.75, 3.05) is 0 Å². The Bertz CT molecular complexity index is 477. The maximum absolute atomic E-state index is 11.1. The first kappa shape index (κ1) is 8.37. The Morgan fingerprint density at radius 2 is 2.31 bits per heavy atom. The fraction of sp³-hybridized carbons (Fsp3) is 0.125. The van der Waals surface area contributed by atoms with Gasteiger partial charge in [0.1, 0.15) is 10.1 Å². The monoisotopic (exact) mass is 239 g/mol. The van der Waals surface area contributed by atoms with Crippen LogP contribution in [0.4, 0.5) is 0 Å². The van der Waals surface area contributed by atoms with Crippen LogP contribution in [-0.4, -0.2) is 20.7 Å². The number of halogens is 1. The third-order valence-electron chi connectivity index (χ3n) is 1.69. The summed E-state index contributed by atoms with van der Waals surface area (Å²) in [5.41, 5.74) is 1.44. The Morgan fingerprint density at radius 1 is 1.54 bits per heavy atom. The lowest BCUT2D eigenvalue weighted by Crippen LogP contribution is -2.06. The van der Waals surface area contributed by atoms with Crippen LogP contribution in [0.1, 0.15) is 11.7 Å². The SMILES string of the molecule is CC(=O)n1ncc2nc(Br)ccc21. The normalized spacial score (nSPS) is 10.6. The molecule has 0 fully saturated rings. The zero-order valence-electron chi connectivity index (χ0n) is 6.86. The average Bonchev–Trinajstić information content (AvgIpc) is 2.46. The first-order valence-corrected chi connectivity index (χ1v) is 4.49. The molecule has 2 rings (SSSR count). The van der Waals surface area contributed by atoms with Crippen molar-refractivity contribution in [3.05, 3.63) is 22.9 Å². The van der Waals surface area contributed by atoms with Crippen molar-refractivity contribution in [3.63, 3.8) is 0 Å². The molecule has 2 aromatic rings. The number of hydrogen-bond donors (Lipinski definition) is 0. The van der Waals surface area contributed by atoms with Crippen molar-refractivity contribution >= 4 is 32.9 Å². The third-order valence-corrected chi connectivity index (χ3v) is 2.13. The van der Waals surface area contributed by atoms with Crippen LogP contribution in [0.25, 0.3) is 11.0 Å². The zero-order chi connectivity index (χ0) is 9.42. The lowest BCUT2D eigenvalue weighted by molar-refractivity contribution is 0.0927. The molecule has 0 spiro atoms. The van der Waals surface area contributed by atoms with Gasteiger partial charge in [-0.05, 0) is 28.1 Å². The number of carbonyl (C=O) groups is 1. The van der Waals surface area contributed by atoms with Gasteiger partial charge >= 0.3 is 0 Å². The number of fused-ring (bicyclic) bond motifs is 1. The number of carbonyl (C=O) groups excluding carboxylic acids is 1. The topological polar surface area (TPSA) is 47.8 Å². The van der Waals surface area contributed by atoms with Gasteiger partial charge in [0, 0.05) is 6.92 Å². The van der Waals surface area contributed by atoms with Crippen molar-refractivity contribution in [1.82, 2.24) is 14.8 Å². The molecular formula is C8H6BrN3O. The predicted molar refractivity (Wildman–Crippen MR) is 51.5 cm³/mol. The molecule has 0 aromatic carbocycles. The second-order valence-electron chi connectivity index (χ2n) is 2.61. The molecule has 0 aliphatic heterocycles. The van der Waals surface area contributed by atoms with Gasteiger partial charge in [-0.3, -0.25) is 4.79 Å². The molecule has 13 heavy (non-hydrogen) atoms. The van der Waals surface area contributed by atoms with Crippen LogP contribution in [-0.2, 0) is 0 Å². The van der Waals surface area contributed by atoms with Crippen LogP contribution < -0.4 is 0 Å². The van der Waals surface area contributed by atoms with E-state index in [0.29, 0.717) is 5.52 Å². The van der Waals surface area contributed by atoms with Gasteiger partial charge in [0.2, 0.25) is 5.91 Å². The molecule has 0 aliphatic rings. The quantitative estimate of drug-likeness (QED) is 0.660. The maximum Gasteiger partial charge on any atom is 0.244 e. The molecule has 66 valence electrons. The highest BCUT2D eigenvalue weighted by Crippen LogP contribution is 2.14. The van der Waals surface area contributed by atoms with Crippen LogP contribution in [0.3, 0.4) is 0 Å². The van der Waals surface area contributed by atoms with Crippen molar-refractivity contribution in [3.8, 4) is 0 Å². The predicted octanol–water partition coefficient (Wildman–Crippen LogP) is 1.85. The summed E-state index contributed by atoms with van der Waals surface area (Å²) in [6.45, 7) is 1.47. The molecule has 2 aromatic heterocycles. The van der Waals surface area contributed by atoms with E-state index in [2.05, 4.69) is 26.0 Å². The zero-order valence-corrected chi connectivity index (χ0v) is 8.45. The molecule has 0 N–H and O–H groups in total. The molecule has 2 heterocycles. The largest absolute Gasteiger partial charge is 0.273 e. The first-order valence-electron chi connectivity index (χ1n) is 3.70. The van der Waals surface area contributed by atoms with E-state index in [1.165, 1.54) is 11.6 Å². The van der Waals surface area contributed by atoms with E-state index in [0.717, 1.165) is 10.1 Å². The summed E-state index contributed by atoms with van der Waals surface area (Å²) in [5, 5.41) is 3.92. The van der Waals surface area contributed by atoms with Gasteiger partial charge in [0.05, 0.1) is 11.7 Å². The molecule has 0 radical (unpaired) electrons. The van der Waals surface area contributed by atoms with Gasteiger partial charge in [-0.2, -0.15) is 9.78 Å². The van der Waals surface area contributed by atoms with Crippen LogP contribution >= 0.6 is 15.9 Å². The Hall–Kier alpha value is -1.23. The maximum atomic E-state index is 11.1. The first-order chi connectivity index (χ1) is 6.18. The number of aromatic nitrogens is 3. The minimum absolute atomic E-state index is 0.112. The van der Waals surface area contributed by atoms with Gasteiger partial charge in [-0.25, -0.2) is 4.98 Å². The number of rotatable bonds is 0. The smallest absolute Gasteiger partial charge is 0.244 e. The van der Waals surface area contributed by atoms with Crippen molar-refractivity contribution in [2.24, 2.45) is 0 Å². The van der Waals surface area contributed by atoms with Crippen LogP contribution in [0.15, 0.2) is 22.9 Å². The molecule has 0 bridgehead atoms. The summed E-state index contributed by atoms with van der Waals surface area (Å²) >= 11 is 3.25. The van der Waals surface area contributed by atoms with Gasteiger partial charge < -0.3 is 0 Å². The summed E-state index contributed by atoms with van der Waals surface area (Å²) in [7, 11) is 0. The molecule has 0 unspecified atom stereocenters. The lowest BCUT2D eigenvalue weighted by Gasteiger charge is -1.95. The molecule has 5 heteroatoms. The van der Waals surface area contributed by atoms with Gasteiger partial charge in [-0.15, -0.1) is 0 Å². The second kappa shape index (κ2) is 2.92. The summed E-state index contributed by atoms with van der Waals surface area (Å²) < 4.78 is 2.07. The molecule has 0 atom stereocenters. The van der Waals surface area contributed by atoms with E-state index < -0.39 is 0 Å². The van der Waals surface area contributed by atoms with Crippen molar-refractivity contribution in [1.29, 1.82) is 0 Å². The fourth-order valence-electron chi connectivity index (χ4n) is 1.14. The Kier molecular flexibility index (Phi) is 1.88. The minimum Gasteiger partial charge on any atom is -0.273 e. The molecule has 0 amide bonds. The summed E-state index contributed by atoms with van der Waals surface area (Å²) in [6.07, 6.45) is 1.57. The molecule has 0 saturated heterocycles. The Labute approximate surface area is 82.7 Å². The minimum atomic E-state index is -0.112. The summed E-state index contributed by atoms with van der Waals surface area (Å²) in [4.78, 5) is 15.2. The van der Waals surface area contributed by atoms with E-state index in [-0.39, 0.29) is 5.91 Å². The second-order valence-corrected chi connectivity index (χ2v) is 3.43. The Morgan fingerprint density at radius 3 is 3.00 bits per heavy atom. The molecule has 4 nitrogen and oxygen atoms in total. The van der Waals surface area contributed by atoms with Gasteiger partial charge in [0.15, 0.2) is 0 Å². The Balaban J connectivity index is 2.76. The van der Waals surface area contributed by atoms with Crippen molar-refractivity contribution in [2.45, 2.75) is 6.92 Å².